The summed E-state index contributed by atoms with van der Waals surface area (Å²) in [4.78, 5) is 1.41. The first-order valence-corrected chi connectivity index (χ1v) is 8.46. The van der Waals surface area contributed by atoms with Crippen molar-refractivity contribution in [3.63, 3.8) is 0 Å². The van der Waals surface area contributed by atoms with Gasteiger partial charge in [-0.2, -0.15) is 0 Å². The van der Waals surface area contributed by atoms with Crippen LogP contribution in [0.4, 0.5) is 0 Å². The molecule has 0 atom stereocenters. The molecule has 19 heavy (non-hydrogen) atoms. The van der Waals surface area contributed by atoms with Gasteiger partial charge >= 0.3 is 0 Å². The van der Waals surface area contributed by atoms with Crippen LogP contribution in [0, 0.1) is 12.8 Å². The normalized spacial score (nSPS) is 10.6. The zero-order valence-electron chi connectivity index (χ0n) is 13.1. The standard InChI is InChI=1S/C16H22S.C2H6/c1-12(2)6-4-5-7-14-8-9-15-10-13(3)17-16(15)11-14;1-2/h8-12H,4-7H2,1-3H3;1-2H3. The number of rotatable bonds is 5. The number of hydrogen-bond donors (Lipinski definition) is 0. The molecule has 0 spiro atoms. The number of aryl methyl sites for hydroxylation is 2. The summed E-state index contributed by atoms with van der Waals surface area (Å²) in [6.07, 6.45) is 5.28. The average Bonchev–Trinajstić information content (AvgIpc) is 2.76. The van der Waals surface area contributed by atoms with Crippen LogP contribution in [-0.2, 0) is 6.42 Å². The van der Waals surface area contributed by atoms with Crippen molar-refractivity contribution in [2.45, 2.75) is 60.3 Å². The molecular formula is C18H28S. The van der Waals surface area contributed by atoms with Crippen LogP contribution in [0.5, 0.6) is 0 Å². The molecule has 2 rings (SSSR count). The summed E-state index contributed by atoms with van der Waals surface area (Å²) in [7, 11) is 0. The molecule has 0 N–H and O–H groups in total. The number of thiophene rings is 1. The SMILES string of the molecule is CC.Cc1cc2ccc(CCCCC(C)C)cc2s1. The van der Waals surface area contributed by atoms with E-state index in [0.29, 0.717) is 0 Å². The molecule has 1 heterocycles. The molecule has 0 radical (unpaired) electrons. The summed E-state index contributed by atoms with van der Waals surface area (Å²) < 4.78 is 1.45. The summed E-state index contributed by atoms with van der Waals surface area (Å²) in [5.74, 6) is 0.845. The monoisotopic (exact) mass is 276 g/mol. The summed E-state index contributed by atoms with van der Waals surface area (Å²) in [6.45, 7) is 10.8. The minimum Gasteiger partial charge on any atom is -0.141 e. The third-order valence-corrected chi connectivity index (χ3v) is 4.22. The Kier molecular flexibility index (Phi) is 7.15. The molecule has 0 aliphatic rings. The second kappa shape index (κ2) is 8.37. The fourth-order valence-electron chi connectivity index (χ4n) is 2.25. The summed E-state index contributed by atoms with van der Waals surface area (Å²) in [5, 5.41) is 1.40. The third kappa shape index (κ3) is 5.36. The first-order valence-electron chi connectivity index (χ1n) is 7.64. The Morgan fingerprint density at radius 1 is 1.05 bits per heavy atom. The van der Waals surface area contributed by atoms with E-state index in [1.165, 1.54) is 46.2 Å². The molecule has 1 aromatic carbocycles. The molecule has 0 saturated carbocycles. The topological polar surface area (TPSA) is 0 Å². The van der Waals surface area contributed by atoms with Crippen molar-refractivity contribution >= 4 is 21.4 Å². The van der Waals surface area contributed by atoms with Crippen LogP contribution in [0.1, 0.15) is 57.4 Å². The molecule has 0 amide bonds. The number of hydrogen-bond acceptors (Lipinski definition) is 1. The Labute approximate surface area is 122 Å². The molecule has 106 valence electrons. The van der Waals surface area contributed by atoms with E-state index in [1.807, 2.05) is 25.2 Å². The van der Waals surface area contributed by atoms with Gasteiger partial charge in [0, 0.05) is 9.58 Å². The fraction of sp³-hybridized carbons (Fsp3) is 0.556. The van der Waals surface area contributed by atoms with Gasteiger partial charge in [0.05, 0.1) is 0 Å². The van der Waals surface area contributed by atoms with Crippen LogP contribution < -0.4 is 0 Å². The van der Waals surface area contributed by atoms with E-state index in [0.717, 1.165) is 5.92 Å². The van der Waals surface area contributed by atoms with E-state index in [-0.39, 0.29) is 0 Å². The maximum absolute atomic E-state index is 2.38. The van der Waals surface area contributed by atoms with E-state index >= 15 is 0 Å². The number of unbranched alkanes of at least 4 members (excludes halogenated alkanes) is 1. The van der Waals surface area contributed by atoms with Crippen molar-refractivity contribution in [1.29, 1.82) is 0 Å². The van der Waals surface area contributed by atoms with Crippen LogP contribution in [0.15, 0.2) is 24.3 Å². The van der Waals surface area contributed by atoms with E-state index < -0.39 is 0 Å². The first kappa shape index (κ1) is 16.2. The molecule has 0 fully saturated rings. The largest absolute Gasteiger partial charge is 0.141 e. The zero-order valence-corrected chi connectivity index (χ0v) is 13.9. The average molecular weight is 276 g/mol. The molecule has 1 heteroatoms. The third-order valence-electron chi connectivity index (χ3n) is 3.20. The highest BCUT2D eigenvalue weighted by molar-refractivity contribution is 7.19. The lowest BCUT2D eigenvalue weighted by molar-refractivity contribution is 0.538. The van der Waals surface area contributed by atoms with Gasteiger partial charge in [0.2, 0.25) is 0 Å². The van der Waals surface area contributed by atoms with Gasteiger partial charge in [0.25, 0.3) is 0 Å². The van der Waals surface area contributed by atoms with Gasteiger partial charge in [-0.15, -0.1) is 11.3 Å². The molecular weight excluding hydrogens is 248 g/mol. The van der Waals surface area contributed by atoms with E-state index in [4.69, 9.17) is 0 Å². The Bertz CT molecular complexity index is 479. The highest BCUT2D eigenvalue weighted by Crippen LogP contribution is 2.26. The second-order valence-corrected chi connectivity index (χ2v) is 6.66. The van der Waals surface area contributed by atoms with Crippen molar-refractivity contribution in [3.8, 4) is 0 Å². The zero-order chi connectivity index (χ0) is 14.3. The fourth-order valence-corrected chi connectivity index (χ4v) is 3.23. The van der Waals surface area contributed by atoms with Crippen molar-refractivity contribution in [1.82, 2.24) is 0 Å². The molecule has 0 nitrogen and oxygen atoms in total. The van der Waals surface area contributed by atoms with Crippen LogP contribution in [0.25, 0.3) is 10.1 Å². The van der Waals surface area contributed by atoms with Crippen LogP contribution in [-0.4, -0.2) is 0 Å². The molecule has 0 saturated heterocycles. The van der Waals surface area contributed by atoms with Crippen LogP contribution in [0.3, 0.4) is 0 Å². The van der Waals surface area contributed by atoms with Crippen molar-refractivity contribution in [2.75, 3.05) is 0 Å². The summed E-state index contributed by atoms with van der Waals surface area (Å²) in [6, 6.07) is 9.23. The van der Waals surface area contributed by atoms with Gasteiger partial charge in [-0.1, -0.05) is 52.7 Å². The smallest absolute Gasteiger partial charge is 0.0348 e. The Morgan fingerprint density at radius 2 is 1.79 bits per heavy atom. The van der Waals surface area contributed by atoms with E-state index in [9.17, 15) is 0 Å². The van der Waals surface area contributed by atoms with Crippen molar-refractivity contribution in [3.05, 3.63) is 34.7 Å². The quantitative estimate of drug-likeness (QED) is 0.539. The van der Waals surface area contributed by atoms with E-state index in [1.54, 1.807) is 0 Å². The minimum absolute atomic E-state index is 0.845. The summed E-state index contributed by atoms with van der Waals surface area (Å²) >= 11 is 1.91. The van der Waals surface area contributed by atoms with Gasteiger partial charge in [-0.25, -0.2) is 0 Å². The minimum atomic E-state index is 0.845. The predicted molar refractivity (Wildman–Crippen MR) is 90.3 cm³/mol. The van der Waals surface area contributed by atoms with Gasteiger partial charge in [0.1, 0.15) is 0 Å². The molecule has 0 bridgehead atoms. The lowest BCUT2D eigenvalue weighted by Crippen LogP contribution is -1.89. The Morgan fingerprint density at radius 3 is 2.47 bits per heavy atom. The molecule has 0 unspecified atom stereocenters. The number of fused-ring (bicyclic) bond motifs is 1. The predicted octanol–water partition coefficient (Wildman–Crippen LogP) is 6.60. The maximum Gasteiger partial charge on any atom is 0.0348 e. The molecule has 0 aliphatic heterocycles. The molecule has 0 aliphatic carbocycles. The summed E-state index contributed by atoms with van der Waals surface area (Å²) in [5.41, 5.74) is 1.50. The van der Waals surface area contributed by atoms with Crippen molar-refractivity contribution in [2.24, 2.45) is 5.92 Å². The lowest BCUT2D eigenvalue weighted by atomic mass is 10.0. The highest BCUT2D eigenvalue weighted by atomic mass is 32.1. The Balaban J connectivity index is 0.000000861. The molecule has 2 aromatic rings. The van der Waals surface area contributed by atoms with Crippen LogP contribution in [0.2, 0.25) is 0 Å². The Hall–Kier alpha value is -0.820. The van der Waals surface area contributed by atoms with Gasteiger partial charge in [-0.05, 0) is 48.8 Å². The van der Waals surface area contributed by atoms with Crippen LogP contribution >= 0.6 is 11.3 Å². The van der Waals surface area contributed by atoms with Crippen molar-refractivity contribution < 1.29 is 0 Å². The van der Waals surface area contributed by atoms with Gasteiger partial charge in [-0.3, -0.25) is 0 Å². The number of benzene rings is 1. The first-order chi connectivity index (χ1) is 9.15. The molecule has 1 aromatic heterocycles. The maximum atomic E-state index is 2.38. The van der Waals surface area contributed by atoms with Gasteiger partial charge < -0.3 is 0 Å². The van der Waals surface area contributed by atoms with Gasteiger partial charge in [0.15, 0.2) is 0 Å². The van der Waals surface area contributed by atoms with E-state index in [2.05, 4.69) is 45.0 Å². The second-order valence-electron chi connectivity index (χ2n) is 5.37. The lowest BCUT2D eigenvalue weighted by Gasteiger charge is -2.04. The highest BCUT2D eigenvalue weighted by Gasteiger charge is 2.01.